The number of phenolic OH excluding ortho intramolecular Hbond substituents is 1. The van der Waals surface area contributed by atoms with Gasteiger partial charge in [-0.2, -0.15) is 0 Å². The third-order valence-electron chi connectivity index (χ3n) is 5.68. The number of carbonyl (C=O) groups is 1. The Bertz CT molecular complexity index is 1130. The lowest BCUT2D eigenvalue weighted by Crippen LogP contribution is -2.46. The van der Waals surface area contributed by atoms with Gasteiger partial charge in [0.1, 0.15) is 17.3 Å². The second-order valence-electron chi connectivity index (χ2n) is 7.63. The molecule has 2 aliphatic heterocycles. The van der Waals surface area contributed by atoms with E-state index in [4.69, 9.17) is 4.74 Å². The second kappa shape index (κ2) is 8.17. The summed E-state index contributed by atoms with van der Waals surface area (Å²) >= 11 is 1.53. The topological polar surface area (TPSA) is 53.0 Å². The molecule has 5 rings (SSSR count). The fraction of sp³-hybridized carbons (Fsp3) is 0.208. The zero-order valence-electron chi connectivity index (χ0n) is 16.8. The third-order valence-corrected chi connectivity index (χ3v) is 6.50. The average molecular weight is 437 g/mol. The number of ether oxygens (including phenoxy) is 1. The van der Waals surface area contributed by atoms with E-state index >= 15 is 0 Å². The lowest BCUT2D eigenvalue weighted by molar-refractivity contribution is 0.101. The molecule has 31 heavy (non-hydrogen) atoms. The van der Waals surface area contributed by atoms with Crippen LogP contribution in [0.25, 0.3) is 6.08 Å². The number of ketones is 1. The van der Waals surface area contributed by atoms with Crippen LogP contribution in [0.1, 0.15) is 20.8 Å². The number of Topliss-reactive ketones (excluding diaryl/α,β-unsaturated/α-hetero) is 1. The maximum Gasteiger partial charge on any atom is 0.232 e. The fourth-order valence-electron chi connectivity index (χ4n) is 3.99. The molecule has 0 radical (unpaired) electrons. The van der Waals surface area contributed by atoms with Crippen molar-refractivity contribution in [3.05, 3.63) is 81.5 Å². The van der Waals surface area contributed by atoms with Gasteiger partial charge in [0.05, 0.1) is 11.1 Å². The number of hydrogen-bond acceptors (Lipinski definition) is 6. The number of allylic oxidation sites excluding steroid dienone is 1. The van der Waals surface area contributed by atoms with Crippen LogP contribution in [0.3, 0.4) is 0 Å². The highest BCUT2D eigenvalue weighted by Gasteiger charge is 2.32. The minimum atomic E-state index is -0.238. The number of piperazine rings is 1. The maximum atomic E-state index is 13.2. The number of anilines is 1. The summed E-state index contributed by atoms with van der Waals surface area (Å²) in [5, 5.41) is 12.5. The Morgan fingerprint density at radius 2 is 1.84 bits per heavy atom. The summed E-state index contributed by atoms with van der Waals surface area (Å²) in [6, 6.07) is 13.6. The molecule has 1 aromatic heterocycles. The molecule has 7 heteroatoms. The first-order valence-corrected chi connectivity index (χ1v) is 11.0. The molecule has 2 aliphatic rings. The van der Waals surface area contributed by atoms with Crippen molar-refractivity contribution < 1.29 is 19.0 Å². The smallest absolute Gasteiger partial charge is 0.232 e. The largest absolute Gasteiger partial charge is 0.507 e. The highest BCUT2D eigenvalue weighted by Crippen LogP contribution is 2.40. The van der Waals surface area contributed by atoms with Crippen molar-refractivity contribution in [2.75, 3.05) is 31.1 Å². The average Bonchev–Trinajstić information content (AvgIpc) is 3.40. The Balaban J connectivity index is 1.32. The molecule has 0 spiro atoms. The molecule has 0 aliphatic carbocycles. The van der Waals surface area contributed by atoms with Crippen molar-refractivity contribution in [1.82, 2.24) is 4.90 Å². The lowest BCUT2D eigenvalue weighted by atomic mass is 10.0. The highest BCUT2D eigenvalue weighted by molar-refractivity contribution is 7.10. The summed E-state index contributed by atoms with van der Waals surface area (Å²) in [6.07, 6.45) is 1.75. The van der Waals surface area contributed by atoms with Crippen LogP contribution in [0, 0.1) is 5.82 Å². The van der Waals surface area contributed by atoms with Crippen LogP contribution >= 0.6 is 11.3 Å². The number of nitrogens with zero attached hydrogens (tertiary/aromatic N) is 2. The van der Waals surface area contributed by atoms with Crippen LogP contribution in [0.5, 0.6) is 11.5 Å². The van der Waals surface area contributed by atoms with E-state index in [1.807, 2.05) is 17.5 Å². The second-order valence-corrected chi connectivity index (χ2v) is 8.61. The van der Waals surface area contributed by atoms with Crippen LogP contribution in [0.4, 0.5) is 10.1 Å². The summed E-state index contributed by atoms with van der Waals surface area (Å²) in [7, 11) is 0. The molecule has 0 unspecified atom stereocenters. The fourth-order valence-corrected chi connectivity index (χ4v) is 4.64. The number of fused-ring (bicyclic) bond motifs is 1. The van der Waals surface area contributed by atoms with Crippen molar-refractivity contribution >= 4 is 28.9 Å². The van der Waals surface area contributed by atoms with E-state index in [0.29, 0.717) is 23.4 Å². The lowest BCUT2D eigenvalue weighted by Gasteiger charge is -2.36. The van der Waals surface area contributed by atoms with Crippen molar-refractivity contribution in [3.8, 4) is 11.5 Å². The Morgan fingerprint density at radius 1 is 1.06 bits per heavy atom. The molecule has 5 nitrogen and oxygen atoms in total. The zero-order valence-corrected chi connectivity index (χ0v) is 17.6. The molecule has 1 N–H and O–H groups in total. The molecule has 0 bridgehead atoms. The van der Waals surface area contributed by atoms with Gasteiger partial charge in [-0.3, -0.25) is 9.69 Å². The Morgan fingerprint density at radius 3 is 2.55 bits per heavy atom. The molecule has 3 heterocycles. The number of phenols is 1. The predicted octanol–water partition coefficient (Wildman–Crippen LogP) is 4.53. The summed E-state index contributed by atoms with van der Waals surface area (Å²) in [6.45, 7) is 3.65. The van der Waals surface area contributed by atoms with Gasteiger partial charge in [0.25, 0.3) is 0 Å². The zero-order chi connectivity index (χ0) is 21.4. The first kappa shape index (κ1) is 19.8. The van der Waals surface area contributed by atoms with Gasteiger partial charge < -0.3 is 14.7 Å². The quantitative estimate of drug-likeness (QED) is 0.609. The molecule has 3 aromatic rings. The van der Waals surface area contributed by atoms with Crippen LogP contribution in [0.2, 0.25) is 0 Å². The molecule has 0 amide bonds. The summed E-state index contributed by atoms with van der Waals surface area (Å²) < 4.78 is 19.1. The van der Waals surface area contributed by atoms with Crippen molar-refractivity contribution in [3.63, 3.8) is 0 Å². The van der Waals surface area contributed by atoms with E-state index in [1.165, 1.54) is 23.5 Å². The number of thiophene rings is 1. The predicted molar refractivity (Wildman–Crippen MR) is 119 cm³/mol. The number of halogens is 1. The molecule has 0 atom stereocenters. The number of hydrogen-bond donors (Lipinski definition) is 1. The number of benzene rings is 2. The highest BCUT2D eigenvalue weighted by atomic mass is 32.1. The SMILES string of the molecule is O=C1/C(=C/c2cccs2)Oc2c1ccc(O)c2CN1CCN(c2ccc(F)cc2)CC1. The number of rotatable bonds is 4. The van der Waals surface area contributed by atoms with E-state index in [1.54, 1.807) is 30.3 Å². The molecular weight excluding hydrogens is 415 g/mol. The van der Waals surface area contributed by atoms with Gasteiger partial charge in [0.15, 0.2) is 5.76 Å². The minimum absolute atomic E-state index is 0.130. The normalized spacial score (nSPS) is 17.8. The summed E-state index contributed by atoms with van der Waals surface area (Å²) in [5.74, 6) is 0.465. The van der Waals surface area contributed by atoms with Crippen LogP contribution < -0.4 is 9.64 Å². The van der Waals surface area contributed by atoms with Gasteiger partial charge in [-0.25, -0.2) is 4.39 Å². The van der Waals surface area contributed by atoms with Crippen molar-refractivity contribution in [1.29, 1.82) is 0 Å². The Hall–Kier alpha value is -3.16. The van der Waals surface area contributed by atoms with Crippen LogP contribution in [-0.2, 0) is 6.54 Å². The van der Waals surface area contributed by atoms with Gasteiger partial charge >= 0.3 is 0 Å². The van der Waals surface area contributed by atoms with E-state index in [-0.39, 0.29) is 23.1 Å². The van der Waals surface area contributed by atoms with Gasteiger partial charge in [-0.1, -0.05) is 6.07 Å². The van der Waals surface area contributed by atoms with Crippen molar-refractivity contribution in [2.45, 2.75) is 6.54 Å². The van der Waals surface area contributed by atoms with Gasteiger partial charge in [-0.05, 0) is 47.8 Å². The van der Waals surface area contributed by atoms with Gasteiger partial charge in [0.2, 0.25) is 5.78 Å². The van der Waals surface area contributed by atoms with E-state index in [9.17, 15) is 14.3 Å². The van der Waals surface area contributed by atoms with E-state index in [2.05, 4.69) is 9.80 Å². The van der Waals surface area contributed by atoms with Crippen LogP contribution in [-0.4, -0.2) is 42.0 Å². The van der Waals surface area contributed by atoms with Gasteiger partial charge in [0, 0.05) is 49.4 Å². The monoisotopic (exact) mass is 436 g/mol. The minimum Gasteiger partial charge on any atom is -0.507 e. The summed E-state index contributed by atoms with van der Waals surface area (Å²) in [4.78, 5) is 18.2. The third kappa shape index (κ3) is 3.94. The molecule has 1 saturated heterocycles. The molecule has 2 aromatic carbocycles. The van der Waals surface area contributed by atoms with Crippen LogP contribution in [0.15, 0.2) is 59.7 Å². The van der Waals surface area contributed by atoms with Crippen molar-refractivity contribution in [2.24, 2.45) is 0 Å². The maximum absolute atomic E-state index is 13.2. The number of carbonyl (C=O) groups excluding carboxylic acids is 1. The Kier molecular flexibility index (Phi) is 5.21. The standard InChI is InChI=1S/C24H21FN2O3S/c25-16-3-5-17(6-4-16)27-11-9-26(10-12-27)15-20-21(28)8-7-19-23(29)22(30-24(19)20)14-18-2-1-13-31-18/h1-8,13-14,28H,9-12,15H2/b22-14-. The first-order chi connectivity index (χ1) is 15.1. The Labute approximate surface area is 183 Å². The van der Waals surface area contributed by atoms with E-state index < -0.39 is 0 Å². The van der Waals surface area contributed by atoms with E-state index in [0.717, 1.165) is 36.7 Å². The summed E-state index contributed by atoms with van der Waals surface area (Å²) in [5.41, 5.74) is 2.12. The van der Waals surface area contributed by atoms with Gasteiger partial charge in [-0.15, -0.1) is 11.3 Å². The molecule has 158 valence electrons. The molecule has 0 saturated carbocycles. The molecular formula is C24H21FN2O3S. The molecule has 1 fully saturated rings. The number of aromatic hydroxyl groups is 1. The first-order valence-electron chi connectivity index (χ1n) is 10.1.